The fourth-order valence-corrected chi connectivity index (χ4v) is 3.05. The molecule has 1 aliphatic carbocycles. The van der Waals surface area contributed by atoms with Crippen LogP contribution in [0.4, 0.5) is 17.5 Å². The molecule has 11 heteroatoms. The molecule has 0 aliphatic heterocycles. The Labute approximate surface area is 188 Å². The van der Waals surface area contributed by atoms with Crippen LogP contribution >= 0.6 is 0 Å². The Morgan fingerprint density at radius 2 is 1.61 bits per heavy atom. The van der Waals surface area contributed by atoms with Gasteiger partial charge in [0, 0.05) is 30.5 Å². The highest BCUT2D eigenvalue weighted by Crippen LogP contribution is 2.26. The number of carboxylic acids is 2. The number of carboxylic acid groups (broad SMARTS) is 2. The fraction of sp³-hybridized carbons (Fsp3) is 0.273. The maximum absolute atomic E-state index is 12.2. The molecule has 1 aromatic heterocycles. The summed E-state index contributed by atoms with van der Waals surface area (Å²) in [5, 5.41) is 26.3. The van der Waals surface area contributed by atoms with Crippen LogP contribution in [0, 0.1) is 0 Å². The topological polar surface area (TPSA) is 171 Å². The number of hydrogen-bond donors (Lipinski definition) is 5. The van der Waals surface area contributed by atoms with Crippen LogP contribution in [0.15, 0.2) is 42.0 Å². The predicted molar refractivity (Wildman–Crippen MR) is 121 cm³/mol. The van der Waals surface area contributed by atoms with E-state index < -0.39 is 23.8 Å². The van der Waals surface area contributed by atoms with Crippen LogP contribution in [0.3, 0.4) is 0 Å². The zero-order valence-electron chi connectivity index (χ0n) is 17.6. The van der Waals surface area contributed by atoms with Crippen LogP contribution in [0.25, 0.3) is 10.9 Å². The minimum atomic E-state index is -1.11. The van der Waals surface area contributed by atoms with Crippen molar-refractivity contribution in [2.24, 2.45) is 0 Å². The maximum atomic E-state index is 12.2. The van der Waals surface area contributed by atoms with Crippen LogP contribution in [0.5, 0.6) is 0 Å². The van der Waals surface area contributed by atoms with Crippen molar-refractivity contribution in [3.63, 3.8) is 0 Å². The van der Waals surface area contributed by atoms with Crippen LogP contribution in [0.2, 0.25) is 0 Å². The first kappa shape index (κ1) is 23.4. The number of carbonyl (C=O) groups is 4. The maximum Gasteiger partial charge on any atom is 0.303 e. The molecule has 3 rings (SSSR count). The van der Waals surface area contributed by atoms with E-state index in [4.69, 9.17) is 10.2 Å². The van der Waals surface area contributed by atoms with Crippen LogP contribution in [-0.4, -0.2) is 50.5 Å². The molecule has 0 saturated heterocycles. The van der Waals surface area contributed by atoms with Gasteiger partial charge < -0.3 is 20.8 Å². The SMILES string of the molecule is O=C(O)CCC(=O)Nc1nc(NC(=O)CCC(=O)O)c2cc(NCC3=CCC=C3)ccc2n1. The first-order valence-corrected chi connectivity index (χ1v) is 10.2. The largest absolute Gasteiger partial charge is 0.481 e. The quantitative estimate of drug-likeness (QED) is 0.343. The van der Waals surface area contributed by atoms with E-state index >= 15 is 0 Å². The molecule has 5 N–H and O–H groups in total. The highest BCUT2D eigenvalue weighted by Gasteiger charge is 2.15. The summed E-state index contributed by atoms with van der Waals surface area (Å²) in [6, 6.07) is 5.23. The third kappa shape index (κ3) is 7.13. The standard InChI is InChI=1S/C22H23N5O6/c28-17(7-9-19(30)31)25-21-15-11-14(23-12-13-3-1-2-4-13)5-6-16(15)24-22(27-21)26-18(29)8-10-20(32)33/h1,3-6,11,23H,2,7-10,12H2,(H,30,31)(H,32,33)(H2,24,25,26,27,28,29). The van der Waals surface area contributed by atoms with Gasteiger partial charge in [-0.15, -0.1) is 0 Å². The van der Waals surface area contributed by atoms with Crippen molar-refractivity contribution in [3.8, 4) is 0 Å². The highest BCUT2D eigenvalue weighted by molar-refractivity contribution is 6.02. The number of carbonyl (C=O) groups excluding carboxylic acids is 2. The molecular formula is C22H23N5O6. The van der Waals surface area contributed by atoms with Gasteiger partial charge in [0.25, 0.3) is 0 Å². The van der Waals surface area contributed by atoms with E-state index in [-0.39, 0.29) is 37.4 Å². The van der Waals surface area contributed by atoms with Crippen molar-refractivity contribution in [3.05, 3.63) is 42.0 Å². The lowest BCUT2D eigenvalue weighted by molar-refractivity contribution is -0.138. The van der Waals surface area contributed by atoms with Crippen LogP contribution in [0.1, 0.15) is 32.1 Å². The number of fused-ring (bicyclic) bond motifs is 1. The van der Waals surface area contributed by atoms with E-state index in [1.165, 1.54) is 0 Å². The van der Waals surface area contributed by atoms with Gasteiger partial charge in [0.15, 0.2) is 0 Å². The van der Waals surface area contributed by atoms with Gasteiger partial charge in [-0.1, -0.05) is 18.2 Å². The molecule has 0 atom stereocenters. The molecule has 1 aliphatic rings. The number of nitrogens with one attached hydrogen (secondary N) is 3. The second-order valence-corrected chi connectivity index (χ2v) is 7.28. The first-order valence-electron chi connectivity index (χ1n) is 10.2. The summed E-state index contributed by atoms with van der Waals surface area (Å²) in [7, 11) is 0. The number of rotatable bonds is 11. The van der Waals surface area contributed by atoms with E-state index in [0.29, 0.717) is 17.4 Å². The lowest BCUT2D eigenvalue weighted by Gasteiger charge is -2.13. The monoisotopic (exact) mass is 453 g/mol. The summed E-state index contributed by atoms with van der Waals surface area (Å²) >= 11 is 0. The lowest BCUT2D eigenvalue weighted by atomic mass is 10.2. The van der Waals surface area contributed by atoms with Crippen molar-refractivity contribution in [1.29, 1.82) is 0 Å². The average molecular weight is 453 g/mol. The van der Waals surface area contributed by atoms with Crippen molar-refractivity contribution in [1.82, 2.24) is 9.97 Å². The van der Waals surface area contributed by atoms with Gasteiger partial charge in [0.05, 0.1) is 18.4 Å². The number of aromatic nitrogens is 2. The van der Waals surface area contributed by atoms with E-state index in [1.54, 1.807) is 18.2 Å². The van der Waals surface area contributed by atoms with E-state index in [2.05, 4.69) is 38.1 Å². The molecule has 2 aromatic rings. The van der Waals surface area contributed by atoms with Gasteiger partial charge in [0.1, 0.15) is 5.82 Å². The predicted octanol–water partition coefficient (Wildman–Crippen LogP) is 2.53. The van der Waals surface area contributed by atoms with Gasteiger partial charge in [0.2, 0.25) is 17.8 Å². The van der Waals surface area contributed by atoms with Gasteiger partial charge in [-0.2, -0.15) is 4.98 Å². The molecule has 33 heavy (non-hydrogen) atoms. The smallest absolute Gasteiger partial charge is 0.303 e. The molecule has 172 valence electrons. The highest BCUT2D eigenvalue weighted by atomic mass is 16.4. The molecule has 0 bridgehead atoms. The number of anilines is 3. The zero-order valence-corrected chi connectivity index (χ0v) is 17.6. The van der Waals surface area contributed by atoms with Crippen molar-refractivity contribution in [2.45, 2.75) is 32.1 Å². The number of allylic oxidation sites excluding steroid dienone is 2. The first-order chi connectivity index (χ1) is 15.8. The van der Waals surface area contributed by atoms with E-state index in [0.717, 1.165) is 17.7 Å². The summed E-state index contributed by atoms with van der Waals surface area (Å²) in [6.45, 7) is 0.612. The number of benzene rings is 1. The van der Waals surface area contributed by atoms with Gasteiger partial charge in [-0.3, -0.25) is 24.5 Å². The Morgan fingerprint density at radius 3 is 2.24 bits per heavy atom. The third-order valence-electron chi connectivity index (χ3n) is 4.68. The minimum absolute atomic E-state index is 0.103. The van der Waals surface area contributed by atoms with E-state index in [9.17, 15) is 19.2 Å². The Kier molecular flexibility index (Phi) is 7.68. The molecule has 0 radical (unpaired) electrons. The molecule has 2 amide bonds. The van der Waals surface area contributed by atoms with Crippen molar-refractivity contribution >= 4 is 52.1 Å². The molecule has 0 saturated carbocycles. The number of hydrogen-bond acceptors (Lipinski definition) is 7. The summed E-state index contributed by atoms with van der Waals surface area (Å²) in [5.74, 6) is -3.36. The Morgan fingerprint density at radius 1 is 0.909 bits per heavy atom. The van der Waals surface area contributed by atoms with E-state index in [1.807, 2.05) is 6.08 Å². The summed E-state index contributed by atoms with van der Waals surface area (Å²) in [5.41, 5.74) is 2.33. The molecule has 0 spiro atoms. The molecule has 11 nitrogen and oxygen atoms in total. The van der Waals surface area contributed by atoms with Gasteiger partial charge >= 0.3 is 11.9 Å². The minimum Gasteiger partial charge on any atom is -0.481 e. The second-order valence-electron chi connectivity index (χ2n) is 7.28. The van der Waals surface area contributed by atoms with Gasteiger partial charge in [-0.25, -0.2) is 4.98 Å². The Balaban J connectivity index is 1.85. The molecule has 1 heterocycles. The van der Waals surface area contributed by atoms with Gasteiger partial charge in [-0.05, 0) is 30.2 Å². The molecule has 0 unspecified atom stereocenters. The van der Waals surface area contributed by atoms with Crippen LogP contribution in [-0.2, 0) is 19.2 Å². The fourth-order valence-electron chi connectivity index (χ4n) is 3.05. The van der Waals surface area contributed by atoms with Crippen LogP contribution < -0.4 is 16.0 Å². The number of aliphatic carboxylic acids is 2. The average Bonchev–Trinajstić information content (AvgIpc) is 3.29. The number of amides is 2. The number of nitrogens with zero attached hydrogens (tertiary/aromatic N) is 2. The normalized spacial score (nSPS) is 12.3. The Hall–Kier alpha value is -4.28. The van der Waals surface area contributed by atoms with Crippen molar-refractivity contribution in [2.75, 3.05) is 22.5 Å². The third-order valence-corrected chi connectivity index (χ3v) is 4.68. The summed E-state index contributed by atoms with van der Waals surface area (Å²) < 4.78 is 0. The lowest BCUT2D eigenvalue weighted by Crippen LogP contribution is -2.18. The summed E-state index contributed by atoms with van der Waals surface area (Å²) in [6.07, 6.45) is 5.89. The van der Waals surface area contributed by atoms with Crippen molar-refractivity contribution < 1.29 is 29.4 Å². The molecular weight excluding hydrogens is 430 g/mol. The molecule has 1 aromatic carbocycles. The Bertz CT molecular complexity index is 1160. The molecule has 0 fully saturated rings. The second kappa shape index (κ2) is 10.8. The zero-order chi connectivity index (χ0) is 23.8. The summed E-state index contributed by atoms with van der Waals surface area (Å²) in [4.78, 5) is 54.1.